The average Bonchev–Trinajstić information content (AvgIpc) is 1.98. The summed E-state index contributed by atoms with van der Waals surface area (Å²) in [6.07, 6.45) is 6.62. The van der Waals surface area contributed by atoms with Gasteiger partial charge in [-0.05, 0) is 14.0 Å². The molecule has 0 saturated carbocycles. The van der Waals surface area contributed by atoms with E-state index in [2.05, 4.69) is 24.8 Å². The highest BCUT2D eigenvalue weighted by atomic mass is 16.3. The molecule has 0 aromatic rings. The van der Waals surface area contributed by atoms with Crippen LogP contribution in [0.4, 0.5) is 0 Å². The van der Waals surface area contributed by atoms with Crippen molar-refractivity contribution in [3.05, 3.63) is 0 Å². The number of likely N-dealkylation sites (tertiary alicyclic amines) is 1. The van der Waals surface area contributed by atoms with Crippen LogP contribution in [-0.2, 0) is 0 Å². The Labute approximate surface area is 68.2 Å². The number of piperidine rings is 1. The highest BCUT2D eigenvalue weighted by Gasteiger charge is 2.32. The minimum Gasteiger partial charge on any atom is -0.378 e. The smallest absolute Gasteiger partial charge is 0.127 e. The van der Waals surface area contributed by atoms with Crippen molar-refractivity contribution in [1.82, 2.24) is 4.90 Å². The van der Waals surface area contributed by atoms with Crippen molar-refractivity contribution >= 4 is 0 Å². The van der Waals surface area contributed by atoms with E-state index in [0.717, 1.165) is 6.54 Å². The van der Waals surface area contributed by atoms with Crippen LogP contribution in [0.2, 0.25) is 0 Å². The van der Waals surface area contributed by atoms with E-state index in [0.29, 0.717) is 18.9 Å². The van der Waals surface area contributed by atoms with Gasteiger partial charge in [0.1, 0.15) is 5.60 Å². The summed E-state index contributed by atoms with van der Waals surface area (Å²) in [7, 11) is 2.06. The summed E-state index contributed by atoms with van der Waals surface area (Å²) in [4.78, 5) is 2.21. The van der Waals surface area contributed by atoms with Crippen LogP contribution >= 0.6 is 0 Å². The largest absolute Gasteiger partial charge is 0.378 e. The molecule has 2 unspecified atom stereocenters. The van der Waals surface area contributed by atoms with Gasteiger partial charge in [0.2, 0.25) is 0 Å². The molecule has 1 aliphatic rings. The molecule has 0 aliphatic carbocycles. The van der Waals surface area contributed by atoms with Crippen molar-refractivity contribution in [3.63, 3.8) is 0 Å². The summed E-state index contributed by atoms with van der Waals surface area (Å²) in [6, 6.07) is 0.393. The third kappa shape index (κ3) is 1.74. The van der Waals surface area contributed by atoms with Crippen LogP contribution in [0.3, 0.4) is 0 Å². The Morgan fingerprint density at radius 1 is 1.73 bits per heavy atom. The third-order valence-electron chi connectivity index (χ3n) is 2.53. The van der Waals surface area contributed by atoms with Gasteiger partial charge in [0, 0.05) is 25.4 Å². The second-order valence-corrected chi connectivity index (χ2v) is 3.46. The summed E-state index contributed by atoms with van der Waals surface area (Å²) in [6.45, 7) is 2.98. The van der Waals surface area contributed by atoms with Gasteiger partial charge >= 0.3 is 0 Å². The Bertz CT molecular complexity index is 184. The second-order valence-electron chi connectivity index (χ2n) is 3.46. The molecule has 1 aliphatic heterocycles. The summed E-state index contributed by atoms with van der Waals surface area (Å²) in [5.41, 5.74) is -0.841. The monoisotopic (exact) mass is 153 g/mol. The molecule has 0 aromatic carbocycles. The molecular weight excluding hydrogens is 138 g/mol. The molecule has 2 nitrogen and oxygen atoms in total. The van der Waals surface area contributed by atoms with Gasteiger partial charge in [0.15, 0.2) is 0 Å². The zero-order chi connectivity index (χ0) is 8.48. The lowest BCUT2D eigenvalue weighted by molar-refractivity contribution is 0.00993. The molecule has 1 fully saturated rings. The topological polar surface area (TPSA) is 23.5 Å². The first-order valence-corrected chi connectivity index (χ1v) is 3.98. The fourth-order valence-electron chi connectivity index (χ4n) is 1.46. The van der Waals surface area contributed by atoms with Crippen LogP contribution in [0.25, 0.3) is 0 Å². The normalized spacial score (nSPS) is 40.0. The van der Waals surface area contributed by atoms with Crippen molar-refractivity contribution in [3.8, 4) is 12.3 Å². The fraction of sp³-hybridized carbons (Fsp3) is 0.778. The molecule has 1 rings (SSSR count). The van der Waals surface area contributed by atoms with Crippen LogP contribution in [0.5, 0.6) is 0 Å². The van der Waals surface area contributed by atoms with Crippen molar-refractivity contribution < 1.29 is 5.11 Å². The maximum absolute atomic E-state index is 9.71. The maximum Gasteiger partial charge on any atom is 0.127 e. The maximum atomic E-state index is 9.71. The summed E-state index contributed by atoms with van der Waals surface area (Å²) < 4.78 is 0. The van der Waals surface area contributed by atoms with Gasteiger partial charge in [-0.15, -0.1) is 6.42 Å². The standard InChI is InChI=1S/C9H15NO/c1-4-9(11)5-6-10(3)8(2)7-9/h1,8,11H,5-7H2,2-3H3. The van der Waals surface area contributed by atoms with E-state index in [-0.39, 0.29) is 0 Å². The van der Waals surface area contributed by atoms with Crippen molar-refractivity contribution in [1.29, 1.82) is 0 Å². The molecule has 1 heterocycles. The van der Waals surface area contributed by atoms with E-state index in [1.807, 2.05) is 0 Å². The van der Waals surface area contributed by atoms with E-state index in [1.54, 1.807) is 0 Å². The number of nitrogens with zero attached hydrogens (tertiary/aromatic N) is 1. The fourth-order valence-corrected chi connectivity index (χ4v) is 1.46. The number of hydrogen-bond donors (Lipinski definition) is 1. The van der Waals surface area contributed by atoms with E-state index in [1.165, 1.54) is 0 Å². The molecular formula is C9H15NO. The Morgan fingerprint density at radius 2 is 2.36 bits per heavy atom. The Hall–Kier alpha value is -0.520. The quantitative estimate of drug-likeness (QED) is 0.511. The molecule has 0 spiro atoms. The summed E-state index contributed by atoms with van der Waals surface area (Å²) in [5.74, 6) is 2.46. The van der Waals surface area contributed by atoms with E-state index < -0.39 is 5.60 Å². The van der Waals surface area contributed by atoms with Crippen molar-refractivity contribution in [2.45, 2.75) is 31.4 Å². The molecule has 2 heteroatoms. The van der Waals surface area contributed by atoms with Gasteiger partial charge in [-0.1, -0.05) is 5.92 Å². The van der Waals surface area contributed by atoms with Crippen LogP contribution < -0.4 is 0 Å². The number of rotatable bonds is 0. The molecule has 0 radical (unpaired) electrons. The lowest BCUT2D eigenvalue weighted by atomic mass is 9.88. The lowest BCUT2D eigenvalue weighted by Gasteiger charge is -2.37. The van der Waals surface area contributed by atoms with Gasteiger partial charge in [-0.3, -0.25) is 0 Å². The molecule has 0 amide bonds. The Balaban J connectivity index is 2.61. The second kappa shape index (κ2) is 2.84. The van der Waals surface area contributed by atoms with Gasteiger partial charge < -0.3 is 10.0 Å². The Kier molecular flexibility index (Phi) is 2.22. The van der Waals surface area contributed by atoms with Gasteiger partial charge in [0.05, 0.1) is 0 Å². The van der Waals surface area contributed by atoms with Crippen LogP contribution in [0.1, 0.15) is 19.8 Å². The molecule has 0 bridgehead atoms. The number of hydrogen-bond acceptors (Lipinski definition) is 2. The number of terminal acetylenes is 1. The number of aliphatic hydroxyl groups is 1. The van der Waals surface area contributed by atoms with Crippen molar-refractivity contribution in [2.75, 3.05) is 13.6 Å². The molecule has 62 valence electrons. The zero-order valence-corrected chi connectivity index (χ0v) is 7.17. The minimum absolute atomic E-state index is 0.393. The zero-order valence-electron chi connectivity index (χ0n) is 7.17. The Morgan fingerprint density at radius 3 is 2.82 bits per heavy atom. The SMILES string of the molecule is C#CC1(O)CCN(C)C(C)C1. The first-order chi connectivity index (χ1) is 5.07. The molecule has 2 atom stereocenters. The van der Waals surface area contributed by atoms with Gasteiger partial charge in [0.25, 0.3) is 0 Å². The van der Waals surface area contributed by atoms with Crippen LogP contribution in [0, 0.1) is 12.3 Å². The highest BCUT2D eigenvalue weighted by Crippen LogP contribution is 2.24. The summed E-state index contributed by atoms with van der Waals surface area (Å²) in [5, 5.41) is 9.71. The summed E-state index contributed by atoms with van der Waals surface area (Å²) >= 11 is 0. The van der Waals surface area contributed by atoms with Gasteiger partial charge in [-0.25, -0.2) is 0 Å². The van der Waals surface area contributed by atoms with Crippen LogP contribution in [-0.4, -0.2) is 35.2 Å². The van der Waals surface area contributed by atoms with Crippen molar-refractivity contribution in [2.24, 2.45) is 0 Å². The minimum atomic E-state index is -0.841. The predicted molar refractivity (Wildman–Crippen MR) is 45.1 cm³/mol. The molecule has 0 aromatic heterocycles. The third-order valence-corrected chi connectivity index (χ3v) is 2.53. The molecule has 11 heavy (non-hydrogen) atoms. The highest BCUT2D eigenvalue weighted by molar-refractivity contribution is 5.10. The lowest BCUT2D eigenvalue weighted by Crippen LogP contribution is -2.46. The average molecular weight is 153 g/mol. The van der Waals surface area contributed by atoms with E-state index >= 15 is 0 Å². The first-order valence-electron chi connectivity index (χ1n) is 3.98. The van der Waals surface area contributed by atoms with E-state index in [4.69, 9.17) is 6.42 Å². The predicted octanol–water partition coefficient (Wildman–Crippen LogP) is 0.465. The molecule has 1 saturated heterocycles. The van der Waals surface area contributed by atoms with Gasteiger partial charge in [-0.2, -0.15) is 0 Å². The van der Waals surface area contributed by atoms with E-state index in [9.17, 15) is 5.11 Å². The first kappa shape index (κ1) is 8.58. The molecule has 1 N–H and O–H groups in total. The van der Waals surface area contributed by atoms with Crippen LogP contribution in [0.15, 0.2) is 0 Å².